The zero-order valence-electron chi connectivity index (χ0n) is 12.2. The predicted molar refractivity (Wildman–Crippen MR) is 81.8 cm³/mol. The Balaban J connectivity index is 1.55. The van der Waals surface area contributed by atoms with Crippen molar-refractivity contribution in [3.8, 4) is 0 Å². The number of carbonyl (C=O) groups is 1. The number of rotatable bonds is 5. The molecule has 1 saturated heterocycles. The highest BCUT2D eigenvalue weighted by Crippen LogP contribution is 2.21. The minimum absolute atomic E-state index is 0.232. The van der Waals surface area contributed by atoms with E-state index in [4.69, 9.17) is 0 Å². The van der Waals surface area contributed by atoms with Crippen molar-refractivity contribution in [2.75, 3.05) is 11.4 Å². The standard InChI is InChI=1S/C16H20N4O/c1-19-10-8-18-15(19)12-17-11-13-4-6-14(7-5-13)20-9-2-3-16(20)21/h4-8,10,17H,2-3,9,11-12H2,1H3. The van der Waals surface area contributed by atoms with Crippen molar-refractivity contribution in [1.82, 2.24) is 14.9 Å². The van der Waals surface area contributed by atoms with Crippen LogP contribution in [0.1, 0.15) is 24.2 Å². The van der Waals surface area contributed by atoms with Gasteiger partial charge in [-0.3, -0.25) is 4.79 Å². The van der Waals surface area contributed by atoms with E-state index in [1.165, 1.54) is 5.56 Å². The maximum absolute atomic E-state index is 11.7. The van der Waals surface area contributed by atoms with Gasteiger partial charge < -0.3 is 14.8 Å². The van der Waals surface area contributed by atoms with Gasteiger partial charge in [0.25, 0.3) is 0 Å². The van der Waals surface area contributed by atoms with Gasteiger partial charge in [-0.1, -0.05) is 12.1 Å². The van der Waals surface area contributed by atoms with Crippen LogP contribution in [0.2, 0.25) is 0 Å². The van der Waals surface area contributed by atoms with Gasteiger partial charge in [-0.15, -0.1) is 0 Å². The Morgan fingerprint density at radius 2 is 2.05 bits per heavy atom. The highest BCUT2D eigenvalue weighted by Gasteiger charge is 2.21. The molecule has 3 rings (SSSR count). The summed E-state index contributed by atoms with van der Waals surface area (Å²) in [7, 11) is 1.99. The molecule has 5 heteroatoms. The average Bonchev–Trinajstić information content (AvgIpc) is 3.09. The smallest absolute Gasteiger partial charge is 0.227 e. The van der Waals surface area contributed by atoms with Crippen LogP contribution in [0.3, 0.4) is 0 Å². The van der Waals surface area contributed by atoms with Gasteiger partial charge in [0.15, 0.2) is 0 Å². The van der Waals surface area contributed by atoms with Gasteiger partial charge in [0, 0.05) is 44.6 Å². The molecule has 0 atom stereocenters. The summed E-state index contributed by atoms with van der Waals surface area (Å²) in [5, 5.41) is 3.38. The molecule has 2 heterocycles. The van der Waals surface area contributed by atoms with Crippen molar-refractivity contribution >= 4 is 11.6 Å². The minimum Gasteiger partial charge on any atom is -0.337 e. The van der Waals surface area contributed by atoms with E-state index >= 15 is 0 Å². The molecule has 1 aliphatic rings. The summed E-state index contributed by atoms with van der Waals surface area (Å²) in [5.74, 6) is 1.25. The Labute approximate surface area is 124 Å². The van der Waals surface area contributed by atoms with Crippen LogP contribution in [0.4, 0.5) is 5.69 Å². The average molecular weight is 284 g/mol. The first-order chi connectivity index (χ1) is 10.2. The molecule has 0 aliphatic carbocycles. The number of hydrogen-bond donors (Lipinski definition) is 1. The van der Waals surface area contributed by atoms with Crippen molar-refractivity contribution in [3.05, 3.63) is 48.0 Å². The van der Waals surface area contributed by atoms with Gasteiger partial charge in [-0.2, -0.15) is 0 Å². The van der Waals surface area contributed by atoms with E-state index in [0.29, 0.717) is 6.42 Å². The molecule has 2 aromatic rings. The number of benzene rings is 1. The fraction of sp³-hybridized carbons (Fsp3) is 0.375. The monoisotopic (exact) mass is 284 g/mol. The second-order valence-electron chi connectivity index (χ2n) is 5.37. The number of nitrogens with zero attached hydrogens (tertiary/aromatic N) is 3. The molecule has 1 amide bonds. The van der Waals surface area contributed by atoms with Crippen molar-refractivity contribution < 1.29 is 4.79 Å². The SMILES string of the molecule is Cn1ccnc1CNCc1ccc(N2CCCC2=O)cc1. The number of anilines is 1. The molecule has 0 saturated carbocycles. The van der Waals surface area contributed by atoms with Crippen LogP contribution >= 0.6 is 0 Å². The highest BCUT2D eigenvalue weighted by molar-refractivity contribution is 5.95. The van der Waals surface area contributed by atoms with Crippen LogP contribution in [-0.4, -0.2) is 22.0 Å². The number of nitrogens with one attached hydrogen (secondary N) is 1. The van der Waals surface area contributed by atoms with E-state index < -0.39 is 0 Å². The van der Waals surface area contributed by atoms with Crippen LogP contribution in [0.15, 0.2) is 36.7 Å². The molecule has 1 fully saturated rings. The molecular formula is C16H20N4O. The molecule has 0 unspecified atom stereocenters. The predicted octanol–water partition coefficient (Wildman–Crippen LogP) is 1.84. The largest absolute Gasteiger partial charge is 0.337 e. The lowest BCUT2D eigenvalue weighted by molar-refractivity contribution is -0.117. The van der Waals surface area contributed by atoms with Crippen LogP contribution < -0.4 is 10.2 Å². The number of aryl methyl sites for hydroxylation is 1. The molecule has 1 aromatic carbocycles. The molecule has 0 bridgehead atoms. The Morgan fingerprint density at radius 1 is 1.24 bits per heavy atom. The Morgan fingerprint density at radius 3 is 2.67 bits per heavy atom. The van der Waals surface area contributed by atoms with Crippen molar-refractivity contribution in [2.45, 2.75) is 25.9 Å². The first-order valence-corrected chi connectivity index (χ1v) is 7.30. The molecule has 110 valence electrons. The van der Waals surface area contributed by atoms with Crippen LogP contribution in [0, 0.1) is 0 Å². The second-order valence-corrected chi connectivity index (χ2v) is 5.37. The third kappa shape index (κ3) is 3.13. The van der Waals surface area contributed by atoms with Crippen LogP contribution in [-0.2, 0) is 24.9 Å². The van der Waals surface area contributed by atoms with E-state index in [1.807, 2.05) is 34.8 Å². The first kappa shape index (κ1) is 13.8. The maximum Gasteiger partial charge on any atom is 0.227 e. The van der Waals surface area contributed by atoms with E-state index in [-0.39, 0.29) is 5.91 Å². The zero-order chi connectivity index (χ0) is 14.7. The summed E-state index contributed by atoms with van der Waals surface area (Å²) in [6.07, 6.45) is 5.39. The molecule has 21 heavy (non-hydrogen) atoms. The molecule has 5 nitrogen and oxygen atoms in total. The molecule has 1 aliphatic heterocycles. The first-order valence-electron chi connectivity index (χ1n) is 7.30. The van der Waals surface area contributed by atoms with Gasteiger partial charge in [0.2, 0.25) is 5.91 Å². The maximum atomic E-state index is 11.7. The zero-order valence-corrected chi connectivity index (χ0v) is 12.2. The van der Waals surface area contributed by atoms with Gasteiger partial charge in [-0.25, -0.2) is 4.98 Å². The highest BCUT2D eigenvalue weighted by atomic mass is 16.2. The molecule has 1 aromatic heterocycles. The van der Waals surface area contributed by atoms with Crippen LogP contribution in [0.25, 0.3) is 0 Å². The summed E-state index contributed by atoms with van der Waals surface area (Å²) in [4.78, 5) is 17.8. The Bertz CT molecular complexity index is 617. The van der Waals surface area contributed by atoms with E-state index in [1.54, 1.807) is 6.20 Å². The third-order valence-corrected chi connectivity index (χ3v) is 3.85. The molecule has 0 radical (unpaired) electrons. The summed E-state index contributed by atoms with van der Waals surface area (Å²) in [5.41, 5.74) is 2.21. The summed E-state index contributed by atoms with van der Waals surface area (Å²) in [6, 6.07) is 8.21. The van der Waals surface area contributed by atoms with Gasteiger partial charge in [0.1, 0.15) is 5.82 Å². The van der Waals surface area contributed by atoms with E-state index in [2.05, 4.69) is 22.4 Å². The van der Waals surface area contributed by atoms with Crippen molar-refractivity contribution in [3.63, 3.8) is 0 Å². The Hall–Kier alpha value is -2.14. The fourth-order valence-corrected chi connectivity index (χ4v) is 2.60. The third-order valence-electron chi connectivity index (χ3n) is 3.85. The van der Waals surface area contributed by atoms with Crippen molar-refractivity contribution in [2.24, 2.45) is 7.05 Å². The number of amides is 1. The molecule has 1 N–H and O–H groups in total. The van der Waals surface area contributed by atoms with Gasteiger partial charge in [-0.05, 0) is 24.1 Å². The fourth-order valence-electron chi connectivity index (χ4n) is 2.60. The lowest BCUT2D eigenvalue weighted by Crippen LogP contribution is -2.23. The Kier molecular flexibility index (Phi) is 4.01. The number of carbonyl (C=O) groups excluding carboxylic acids is 1. The molecular weight excluding hydrogens is 264 g/mol. The summed E-state index contributed by atoms with van der Waals surface area (Å²) >= 11 is 0. The normalized spacial score (nSPS) is 14.9. The quantitative estimate of drug-likeness (QED) is 0.911. The van der Waals surface area contributed by atoms with Gasteiger partial charge in [0.05, 0.1) is 6.54 Å². The van der Waals surface area contributed by atoms with Crippen LogP contribution in [0.5, 0.6) is 0 Å². The summed E-state index contributed by atoms with van der Waals surface area (Å²) < 4.78 is 2.01. The number of hydrogen-bond acceptors (Lipinski definition) is 3. The topological polar surface area (TPSA) is 50.2 Å². The minimum atomic E-state index is 0.232. The van der Waals surface area contributed by atoms with Gasteiger partial charge >= 0.3 is 0 Å². The lowest BCUT2D eigenvalue weighted by atomic mass is 10.2. The summed E-state index contributed by atoms with van der Waals surface area (Å²) in [6.45, 7) is 2.38. The molecule has 0 spiro atoms. The van der Waals surface area contributed by atoms with Crippen molar-refractivity contribution in [1.29, 1.82) is 0 Å². The second kappa shape index (κ2) is 6.10. The van der Waals surface area contributed by atoms with E-state index in [0.717, 1.165) is 37.6 Å². The lowest BCUT2D eigenvalue weighted by Gasteiger charge is -2.16. The number of imidazole rings is 1. The number of aromatic nitrogens is 2. The van der Waals surface area contributed by atoms with E-state index in [9.17, 15) is 4.79 Å².